The highest BCUT2D eigenvalue weighted by Gasteiger charge is 2.31. The van der Waals surface area contributed by atoms with Gasteiger partial charge in [0.15, 0.2) is 18.1 Å². The highest BCUT2D eigenvalue weighted by atomic mass is 16.5. The Morgan fingerprint density at radius 1 is 0.973 bits per heavy atom. The molecule has 1 saturated heterocycles. The number of carbonyl (C=O) groups is 2. The van der Waals surface area contributed by atoms with Crippen LogP contribution in [0.15, 0.2) is 36.4 Å². The molecule has 1 amide bonds. The van der Waals surface area contributed by atoms with E-state index in [9.17, 15) is 14.7 Å². The van der Waals surface area contributed by atoms with Crippen molar-refractivity contribution in [3.05, 3.63) is 47.5 Å². The van der Waals surface area contributed by atoms with Crippen LogP contribution in [0.5, 0.6) is 11.5 Å². The van der Waals surface area contributed by atoms with Crippen molar-refractivity contribution < 1.29 is 24.2 Å². The summed E-state index contributed by atoms with van der Waals surface area (Å²) in [6, 6.07) is 11.4. The van der Waals surface area contributed by atoms with Gasteiger partial charge in [0, 0.05) is 29.6 Å². The van der Waals surface area contributed by atoms with Crippen molar-refractivity contribution in [3.8, 4) is 22.8 Å². The van der Waals surface area contributed by atoms with Gasteiger partial charge in [0.2, 0.25) is 0 Å². The number of fused-ring (bicyclic) bond motifs is 5. The number of hydrogen-bond donors (Lipinski definition) is 1. The lowest BCUT2D eigenvalue weighted by atomic mass is 9.81. The fourth-order valence-corrected chi connectivity index (χ4v) is 6.41. The summed E-state index contributed by atoms with van der Waals surface area (Å²) in [5.41, 5.74) is 4.58. The lowest BCUT2D eigenvalue weighted by molar-refractivity contribution is -0.134. The first kappa shape index (κ1) is 23.9. The highest BCUT2D eigenvalue weighted by molar-refractivity contribution is 5.99. The van der Waals surface area contributed by atoms with Gasteiger partial charge >= 0.3 is 5.97 Å². The number of hydrogen-bond acceptors (Lipinski definition) is 4. The lowest BCUT2D eigenvalue weighted by Gasteiger charge is -2.27. The minimum atomic E-state index is -0.920. The molecule has 1 saturated carbocycles. The SMILES string of the molecule is O=C(O)c1ccc2c(C3CCCCC3)c3n(c2c1)CCOc1c(OCC(=O)N2CCCCC2)cccc1-3. The Hall–Kier alpha value is -3.48. The molecule has 3 aliphatic rings. The van der Waals surface area contributed by atoms with Crippen molar-refractivity contribution >= 4 is 22.8 Å². The molecule has 0 bridgehead atoms. The molecule has 1 aliphatic carbocycles. The summed E-state index contributed by atoms with van der Waals surface area (Å²) in [5.74, 6) is 0.771. The number of amides is 1. The Balaban J connectivity index is 1.43. The van der Waals surface area contributed by atoms with Crippen LogP contribution < -0.4 is 9.47 Å². The maximum absolute atomic E-state index is 12.8. The summed E-state index contributed by atoms with van der Waals surface area (Å²) in [6.07, 6.45) is 9.20. The smallest absolute Gasteiger partial charge is 0.335 e. The van der Waals surface area contributed by atoms with Crippen molar-refractivity contribution in [2.45, 2.75) is 63.8 Å². The topological polar surface area (TPSA) is 81.0 Å². The predicted molar refractivity (Wildman–Crippen MR) is 142 cm³/mol. The first-order valence-corrected chi connectivity index (χ1v) is 13.7. The Morgan fingerprint density at radius 2 is 1.76 bits per heavy atom. The Kier molecular flexibility index (Phi) is 6.53. The van der Waals surface area contributed by atoms with Crippen molar-refractivity contribution in [2.75, 3.05) is 26.3 Å². The minimum absolute atomic E-state index is 0.000252. The van der Waals surface area contributed by atoms with Crippen molar-refractivity contribution in [3.63, 3.8) is 0 Å². The predicted octanol–water partition coefficient (Wildman–Crippen LogP) is 5.84. The Morgan fingerprint density at radius 3 is 2.54 bits per heavy atom. The van der Waals surface area contributed by atoms with Crippen LogP contribution in [0.2, 0.25) is 0 Å². The van der Waals surface area contributed by atoms with E-state index in [1.54, 1.807) is 12.1 Å². The first-order valence-electron chi connectivity index (χ1n) is 13.7. The number of para-hydroxylation sites is 1. The molecule has 7 heteroatoms. The molecule has 2 fully saturated rings. The third kappa shape index (κ3) is 4.45. The van der Waals surface area contributed by atoms with Gasteiger partial charge in [-0.15, -0.1) is 0 Å². The maximum atomic E-state index is 12.8. The summed E-state index contributed by atoms with van der Waals surface area (Å²) in [6.45, 7) is 2.65. The van der Waals surface area contributed by atoms with Gasteiger partial charge in [0.25, 0.3) is 5.91 Å². The van der Waals surface area contributed by atoms with Crippen molar-refractivity contribution in [2.24, 2.45) is 0 Å². The van der Waals surface area contributed by atoms with E-state index < -0.39 is 5.97 Å². The van der Waals surface area contributed by atoms with Crippen molar-refractivity contribution in [1.82, 2.24) is 9.47 Å². The van der Waals surface area contributed by atoms with Crippen LogP contribution in [-0.4, -0.2) is 52.8 Å². The molecule has 2 aromatic carbocycles. The number of carbonyl (C=O) groups excluding carboxylic acids is 1. The van der Waals surface area contributed by atoms with Gasteiger partial charge in [-0.05, 0) is 67.9 Å². The van der Waals surface area contributed by atoms with Crippen LogP contribution in [0.3, 0.4) is 0 Å². The fourth-order valence-electron chi connectivity index (χ4n) is 6.41. The van der Waals surface area contributed by atoms with E-state index in [1.165, 1.54) is 31.2 Å². The number of piperidine rings is 1. The van der Waals surface area contributed by atoms with Gasteiger partial charge in [-0.2, -0.15) is 0 Å². The second-order valence-electron chi connectivity index (χ2n) is 10.5. The van der Waals surface area contributed by atoms with Crippen LogP contribution in [0.25, 0.3) is 22.2 Å². The van der Waals surface area contributed by atoms with Gasteiger partial charge < -0.3 is 24.0 Å². The average molecular weight is 503 g/mol. The summed E-state index contributed by atoms with van der Waals surface area (Å²) in [4.78, 5) is 26.5. The van der Waals surface area contributed by atoms with Gasteiger partial charge in [-0.3, -0.25) is 4.79 Å². The molecule has 0 atom stereocenters. The zero-order chi connectivity index (χ0) is 25.4. The normalized spacial score (nSPS) is 18.0. The van der Waals surface area contributed by atoms with Gasteiger partial charge in [0.1, 0.15) is 6.61 Å². The minimum Gasteiger partial charge on any atom is -0.487 e. The summed E-state index contributed by atoms with van der Waals surface area (Å²) < 4.78 is 14.6. The van der Waals surface area contributed by atoms with E-state index in [0.29, 0.717) is 36.1 Å². The number of ether oxygens (including phenoxy) is 2. The molecule has 194 valence electrons. The second-order valence-corrected chi connectivity index (χ2v) is 10.5. The number of benzene rings is 2. The molecule has 37 heavy (non-hydrogen) atoms. The van der Waals surface area contributed by atoms with E-state index in [2.05, 4.69) is 10.6 Å². The zero-order valence-corrected chi connectivity index (χ0v) is 21.2. The summed E-state index contributed by atoms with van der Waals surface area (Å²) >= 11 is 0. The number of likely N-dealkylation sites (tertiary alicyclic amines) is 1. The summed E-state index contributed by atoms with van der Waals surface area (Å²) in [7, 11) is 0. The number of nitrogens with zero attached hydrogens (tertiary/aromatic N) is 2. The number of aromatic carboxylic acids is 1. The third-order valence-corrected chi connectivity index (χ3v) is 8.22. The number of aromatic nitrogens is 1. The molecule has 7 nitrogen and oxygen atoms in total. The van der Waals surface area contributed by atoms with Crippen LogP contribution in [0, 0.1) is 0 Å². The maximum Gasteiger partial charge on any atom is 0.335 e. The Labute approximate surface area is 217 Å². The van der Waals surface area contributed by atoms with E-state index in [4.69, 9.17) is 9.47 Å². The van der Waals surface area contributed by atoms with Gasteiger partial charge in [-0.25, -0.2) is 4.79 Å². The van der Waals surface area contributed by atoms with E-state index in [0.717, 1.165) is 60.9 Å². The molecular weight excluding hydrogens is 468 g/mol. The molecule has 0 spiro atoms. The highest BCUT2D eigenvalue weighted by Crippen LogP contribution is 2.49. The summed E-state index contributed by atoms with van der Waals surface area (Å²) in [5, 5.41) is 10.8. The second kappa shape index (κ2) is 10.1. The molecule has 0 unspecified atom stereocenters. The largest absolute Gasteiger partial charge is 0.487 e. The zero-order valence-electron chi connectivity index (χ0n) is 21.2. The van der Waals surface area contributed by atoms with Crippen LogP contribution >= 0.6 is 0 Å². The molecule has 3 aromatic rings. The van der Waals surface area contributed by atoms with Crippen LogP contribution in [0.4, 0.5) is 0 Å². The number of carboxylic acids is 1. The molecule has 3 heterocycles. The van der Waals surface area contributed by atoms with E-state index in [1.807, 2.05) is 23.1 Å². The number of rotatable bonds is 5. The van der Waals surface area contributed by atoms with E-state index >= 15 is 0 Å². The van der Waals surface area contributed by atoms with Crippen molar-refractivity contribution in [1.29, 1.82) is 0 Å². The molecule has 2 aliphatic heterocycles. The molecule has 6 rings (SSSR count). The first-order chi connectivity index (χ1) is 18.1. The monoisotopic (exact) mass is 502 g/mol. The lowest BCUT2D eigenvalue weighted by Crippen LogP contribution is -2.38. The van der Waals surface area contributed by atoms with Crippen LogP contribution in [-0.2, 0) is 11.3 Å². The quantitative estimate of drug-likeness (QED) is 0.474. The van der Waals surface area contributed by atoms with E-state index in [-0.39, 0.29) is 12.5 Å². The number of carboxylic acid groups (broad SMARTS) is 1. The fraction of sp³-hybridized carbons (Fsp3) is 0.467. The van der Waals surface area contributed by atoms with Crippen LogP contribution in [0.1, 0.15) is 73.2 Å². The molecule has 0 radical (unpaired) electrons. The molecular formula is C30H34N2O5. The molecule has 1 N–H and O–H groups in total. The van der Waals surface area contributed by atoms with Gasteiger partial charge in [-0.1, -0.05) is 31.4 Å². The standard InChI is InChI=1S/C30H34N2O5/c33-26(31-14-5-2-6-15-31)19-37-25-11-7-10-23-28-27(20-8-3-1-4-9-20)22-13-12-21(30(34)35)18-24(22)32(28)16-17-36-29(23)25/h7,10-13,18,20H,1-6,8-9,14-17,19H2,(H,34,35). The Bertz CT molecular complexity index is 1330. The molecule has 1 aromatic heterocycles. The average Bonchev–Trinajstić information content (AvgIpc) is 3.13. The van der Waals surface area contributed by atoms with Gasteiger partial charge in [0.05, 0.1) is 17.8 Å². The third-order valence-electron chi connectivity index (χ3n) is 8.22.